The molecule has 1 saturated carbocycles. The summed E-state index contributed by atoms with van der Waals surface area (Å²) in [6.07, 6.45) is 9.03. The van der Waals surface area contributed by atoms with Crippen molar-refractivity contribution in [3.8, 4) is 0 Å². The molecule has 0 aromatic rings. The molecule has 1 unspecified atom stereocenters. The van der Waals surface area contributed by atoms with Crippen LogP contribution in [0.3, 0.4) is 0 Å². The van der Waals surface area contributed by atoms with E-state index in [9.17, 15) is 4.79 Å². The summed E-state index contributed by atoms with van der Waals surface area (Å²) >= 11 is 0. The summed E-state index contributed by atoms with van der Waals surface area (Å²) < 4.78 is 5.41. The number of hydrogen-bond acceptors (Lipinski definition) is 2. The molecule has 0 aliphatic heterocycles. The van der Waals surface area contributed by atoms with E-state index in [2.05, 4.69) is 6.58 Å². The number of rotatable bonds is 3. The number of carbonyl (C=O) groups excluding carboxylic acids is 1. The van der Waals surface area contributed by atoms with E-state index >= 15 is 0 Å². The summed E-state index contributed by atoms with van der Waals surface area (Å²) in [7, 11) is 0. The highest BCUT2D eigenvalue weighted by Gasteiger charge is 2.21. The molecule has 2 nitrogen and oxygen atoms in total. The molecule has 2 heteroatoms. The van der Waals surface area contributed by atoms with Crippen LogP contribution >= 0.6 is 0 Å². The van der Waals surface area contributed by atoms with Crippen LogP contribution in [0.4, 0.5) is 0 Å². The van der Waals surface area contributed by atoms with Crippen molar-refractivity contribution in [1.82, 2.24) is 0 Å². The van der Waals surface area contributed by atoms with E-state index in [1.54, 1.807) is 6.92 Å². The van der Waals surface area contributed by atoms with Crippen molar-refractivity contribution in [2.45, 2.75) is 64.9 Å². The molecule has 1 rings (SSSR count). The second-order valence-electron chi connectivity index (χ2n) is 5.00. The fraction of sp³-hybridized carbons (Fsp3) is 0.786. The smallest absolute Gasteiger partial charge is 0.333 e. The van der Waals surface area contributed by atoms with Gasteiger partial charge in [0.05, 0.1) is 0 Å². The van der Waals surface area contributed by atoms with Crippen LogP contribution < -0.4 is 0 Å². The van der Waals surface area contributed by atoms with E-state index in [1.165, 1.54) is 44.9 Å². The van der Waals surface area contributed by atoms with Crippen LogP contribution in [-0.4, -0.2) is 12.1 Å². The summed E-state index contributed by atoms with van der Waals surface area (Å²) in [5.74, 6) is 0.304. The Morgan fingerprint density at radius 2 is 1.69 bits per heavy atom. The van der Waals surface area contributed by atoms with Gasteiger partial charge in [-0.3, -0.25) is 0 Å². The number of hydrogen-bond donors (Lipinski definition) is 0. The Kier molecular flexibility index (Phi) is 5.58. The lowest BCUT2D eigenvalue weighted by Gasteiger charge is -2.25. The van der Waals surface area contributed by atoms with Gasteiger partial charge < -0.3 is 4.74 Å². The molecule has 1 fully saturated rings. The first-order chi connectivity index (χ1) is 7.61. The number of esters is 1. The third-order valence-electron chi connectivity index (χ3n) is 3.46. The van der Waals surface area contributed by atoms with E-state index in [1.807, 2.05) is 6.92 Å². The maximum absolute atomic E-state index is 11.4. The molecule has 1 aliphatic carbocycles. The topological polar surface area (TPSA) is 26.3 Å². The van der Waals surface area contributed by atoms with Crippen molar-refractivity contribution < 1.29 is 9.53 Å². The molecule has 1 aliphatic rings. The fourth-order valence-corrected chi connectivity index (χ4v) is 2.32. The zero-order chi connectivity index (χ0) is 12.0. The first kappa shape index (κ1) is 13.3. The summed E-state index contributed by atoms with van der Waals surface area (Å²) in [4.78, 5) is 11.4. The lowest BCUT2D eigenvalue weighted by Crippen LogP contribution is -2.25. The van der Waals surface area contributed by atoms with Crippen molar-refractivity contribution >= 4 is 5.97 Å². The van der Waals surface area contributed by atoms with Gasteiger partial charge in [-0.1, -0.05) is 38.7 Å². The van der Waals surface area contributed by atoms with E-state index < -0.39 is 0 Å². The summed E-state index contributed by atoms with van der Waals surface area (Å²) in [6, 6.07) is 0. The van der Waals surface area contributed by atoms with Crippen molar-refractivity contribution in [1.29, 1.82) is 0 Å². The molecule has 0 bridgehead atoms. The Balaban J connectivity index is 2.40. The summed E-state index contributed by atoms with van der Waals surface area (Å²) in [5.41, 5.74) is 0.498. The van der Waals surface area contributed by atoms with E-state index in [0.29, 0.717) is 11.5 Å². The molecule has 0 saturated heterocycles. The van der Waals surface area contributed by atoms with Crippen molar-refractivity contribution in [2.24, 2.45) is 5.92 Å². The Hall–Kier alpha value is -0.790. The van der Waals surface area contributed by atoms with Crippen molar-refractivity contribution in [3.05, 3.63) is 12.2 Å². The second kappa shape index (κ2) is 6.72. The molecule has 0 aromatic heterocycles. The Bertz CT molecular complexity index is 237. The minimum absolute atomic E-state index is 0.0438. The highest BCUT2D eigenvalue weighted by atomic mass is 16.5. The van der Waals surface area contributed by atoms with Crippen LogP contribution in [-0.2, 0) is 9.53 Å². The molecule has 1 atom stereocenters. The zero-order valence-corrected chi connectivity index (χ0v) is 10.6. The Morgan fingerprint density at radius 1 is 1.19 bits per heavy atom. The molecule has 0 radical (unpaired) electrons. The molecule has 92 valence electrons. The standard InChI is InChI=1S/C14H24O2/c1-11(2)14(15)16-12(3)13-9-7-5-4-6-8-10-13/h12-13H,1,4-10H2,2-3H3. The van der Waals surface area contributed by atoms with Gasteiger partial charge in [-0.25, -0.2) is 4.79 Å². The van der Waals surface area contributed by atoms with Gasteiger partial charge in [-0.15, -0.1) is 0 Å². The van der Waals surface area contributed by atoms with E-state index in [0.717, 1.165) is 0 Å². The largest absolute Gasteiger partial charge is 0.459 e. The van der Waals surface area contributed by atoms with Gasteiger partial charge in [0.15, 0.2) is 0 Å². The summed E-state index contributed by atoms with van der Waals surface area (Å²) in [5, 5.41) is 0. The predicted molar refractivity (Wildman–Crippen MR) is 66.2 cm³/mol. The molecule has 0 aromatic carbocycles. The van der Waals surface area contributed by atoms with Gasteiger partial charge in [0.1, 0.15) is 6.10 Å². The first-order valence-electron chi connectivity index (χ1n) is 6.47. The zero-order valence-electron chi connectivity index (χ0n) is 10.6. The highest BCUT2D eigenvalue weighted by Crippen LogP contribution is 2.26. The van der Waals surface area contributed by atoms with Gasteiger partial charge in [0, 0.05) is 5.57 Å². The lowest BCUT2D eigenvalue weighted by molar-refractivity contribution is -0.146. The highest BCUT2D eigenvalue weighted by molar-refractivity contribution is 5.87. The SMILES string of the molecule is C=C(C)C(=O)OC(C)C1CCCCCCC1. The Morgan fingerprint density at radius 3 is 2.19 bits per heavy atom. The number of carbonyl (C=O) groups is 1. The van der Waals surface area contributed by atoms with Gasteiger partial charge >= 0.3 is 5.97 Å². The third-order valence-corrected chi connectivity index (χ3v) is 3.46. The van der Waals surface area contributed by atoms with Crippen LogP contribution in [0.1, 0.15) is 58.8 Å². The van der Waals surface area contributed by atoms with Crippen LogP contribution in [0.5, 0.6) is 0 Å². The number of ether oxygens (including phenoxy) is 1. The minimum Gasteiger partial charge on any atom is -0.459 e. The van der Waals surface area contributed by atoms with Crippen LogP contribution in [0.25, 0.3) is 0 Å². The minimum atomic E-state index is -0.241. The maximum Gasteiger partial charge on any atom is 0.333 e. The molecule has 0 N–H and O–H groups in total. The third kappa shape index (κ3) is 4.38. The first-order valence-corrected chi connectivity index (χ1v) is 6.47. The van der Waals surface area contributed by atoms with E-state index in [-0.39, 0.29) is 12.1 Å². The van der Waals surface area contributed by atoms with Crippen LogP contribution in [0, 0.1) is 5.92 Å². The Labute approximate surface area is 99.1 Å². The van der Waals surface area contributed by atoms with Gasteiger partial charge in [0.2, 0.25) is 0 Å². The fourth-order valence-electron chi connectivity index (χ4n) is 2.32. The monoisotopic (exact) mass is 224 g/mol. The van der Waals surface area contributed by atoms with Crippen LogP contribution in [0.15, 0.2) is 12.2 Å². The van der Waals surface area contributed by atoms with Gasteiger partial charge in [-0.2, -0.15) is 0 Å². The van der Waals surface area contributed by atoms with Gasteiger partial charge in [0.25, 0.3) is 0 Å². The second-order valence-corrected chi connectivity index (χ2v) is 5.00. The molecule has 0 spiro atoms. The molecule has 16 heavy (non-hydrogen) atoms. The molecule has 0 heterocycles. The normalized spacial score (nSPS) is 20.6. The molecule has 0 amide bonds. The van der Waals surface area contributed by atoms with Crippen LogP contribution in [0.2, 0.25) is 0 Å². The quantitative estimate of drug-likeness (QED) is 0.537. The predicted octanol–water partition coefficient (Wildman–Crippen LogP) is 3.85. The molecular weight excluding hydrogens is 200 g/mol. The average Bonchev–Trinajstić information content (AvgIpc) is 2.16. The molecular formula is C14H24O2. The van der Waals surface area contributed by atoms with E-state index in [4.69, 9.17) is 4.74 Å². The lowest BCUT2D eigenvalue weighted by atomic mass is 9.88. The average molecular weight is 224 g/mol. The maximum atomic E-state index is 11.4. The van der Waals surface area contributed by atoms with Crippen molar-refractivity contribution in [2.75, 3.05) is 0 Å². The van der Waals surface area contributed by atoms with Crippen molar-refractivity contribution in [3.63, 3.8) is 0 Å². The van der Waals surface area contributed by atoms with Gasteiger partial charge in [-0.05, 0) is 32.6 Å². The summed E-state index contributed by atoms with van der Waals surface area (Å²) in [6.45, 7) is 7.33.